The molecule has 0 fully saturated rings. The van der Waals surface area contributed by atoms with E-state index in [9.17, 15) is 9.59 Å². The highest BCUT2D eigenvalue weighted by Crippen LogP contribution is 2.42. The van der Waals surface area contributed by atoms with Crippen molar-refractivity contribution in [2.24, 2.45) is 14.1 Å². The molecule has 1 aliphatic heterocycles. The number of fused-ring (bicyclic) bond motifs is 3. The summed E-state index contributed by atoms with van der Waals surface area (Å²) >= 11 is 12.7. The summed E-state index contributed by atoms with van der Waals surface area (Å²) in [4.78, 5) is 26.3. The molecular formula is C24H21Cl2N3O4. The average molecular weight is 486 g/mol. The Balaban J connectivity index is 1.91. The normalized spacial score (nSPS) is 15.6. The Morgan fingerprint density at radius 1 is 1.03 bits per heavy atom. The highest BCUT2D eigenvalue weighted by Gasteiger charge is 2.33. The first kappa shape index (κ1) is 21.8. The molecule has 1 atom stereocenters. The van der Waals surface area contributed by atoms with Crippen LogP contribution in [0.5, 0.6) is 5.75 Å². The topological polar surface area (TPSA) is 67.4 Å². The van der Waals surface area contributed by atoms with E-state index in [1.807, 2.05) is 28.8 Å². The molecule has 0 aliphatic carbocycles. The van der Waals surface area contributed by atoms with Crippen LogP contribution < -0.4 is 16.0 Å². The van der Waals surface area contributed by atoms with Crippen molar-refractivity contribution in [3.8, 4) is 17.0 Å². The Morgan fingerprint density at radius 3 is 2.42 bits per heavy atom. The highest BCUT2D eigenvalue weighted by molar-refractivity contribution is 6.36. The fraction of sp³-hybridized carbons (Fsp3) is 0.250. The van der Waals surface area contributed by atoms with Gasteiger partial charge in [-0.15, -0.1) is 0 Å². The molecule has 0 unspecified atom stereocenters. The van der Waals surface area contributed by atoms with Gasteiger partial charge < -0.3 is 14.0 Å². The Bertz CT molecular complexity index is 1520. The third-order valence-corrected chi connectivity index (χ3v) is 6.71. The van der Waals surface area contributed by atoms with Crippen LogP contribution in [-0.2, 0) is 25.4 Å². The molecule has 0 saturated carbocycles. The average Bonchev–Trinajstić information content (AvgIpc) is 3.17. The first-order valence-corrected chi connectivity index (χ1v) is 11.1. The summed E-state index contributed by atoms with van der Waals surface area (Å²) in [6.07, 6.45) is -0.482. The summed E-state index contributed by atoms with van der Waals surface area (Å²) < 4.78 is 16.1. The molecule has 5 rings (SSSR count). The van der Waals surface area contributed by atoms with Crippen molar-refractivity contribution in [2.75, 3.05) is 13.7 Å². The van der Waals surface area contributed by atoms with E-state index in [0.717, 1.165) is 21.6 Å². The summed E-state index contributed by atoms with van der Waals surface area (Å²) in [7, 11) is 4.75. The van der Waals surface area contributed by atoms with Gasteiger partial charge in [0.1, 0.15) is 11.9 Å². The third-order valence-electron chi connectivity index (χ3n) is 6.16. The van der Waals surface area contributed by atoms with Crippen molar-refractivity contribution in [3.63, 3.8) is 0 Å². The maximum absolute atomic E-state index is 13.4. The van der Waals surface area contributed by atoms with Crippen LogP contribution in [0.25, 0.3) is 22.2 Å². The van der Waals surface area contributed by atoms with Crippen LogP contribution in [0.4, 0.5) is 0 Å². The van der Waals surface area contributed by atoms with Gasteiger partial charge in [-0.05, 0) is 35.9 Å². The van der Waals surface area contributed by atoms with Crippen molar-refractivity contribution in [1.82, 2.24) is 13.7 Å². The number of rotatable bonds is 3. The molecule has 0 N–H and O–H groups in total. The van der Waals surface area contributed by atoms with Crippen LogP contribution in [0.2, 0.25) is 10.0 Å². The van der Waals surface area contributed by atoms with Crippen molar-refractivity contribution in [3.05, 3.63) is 84.6 Å². The van der Waals surface area contributed by atoms with Gasteiger partial charge in [-0.25, -0.2) is 4.79 Å². The SMILES string of the molecule is COc1ccc([C@H]2OCCn3c(-c4ccc(Cl)cc4Cl)c4c(=O)n(C)c(=O)n(C)c4c32)cc1. The number of ether oxygens (including phenoxy) is 2. The Hall–Kier alpha value is -3.00. The van der Waals surface area contributed by atoms with E-state index >= 15 is 0 Å². The molecule has 2 aromatic heterocycles. The van der Waals surface area contributed by atoms with E-state index in [4.69, 9.17) is 32.7 Å². The molecule has 7 nitrogen and oxygen atoms in total. The minimum Gasteiger partial charge on any atom is -0.497 e. The Morgan fingerprint density at radius 2 is 1.76 bits per heavy atom. The molecule has 0 bridgehead atoms. The van der Waals surface area contributed by atoms with Crippen molar-refractivity contribution in [1.29, 1.82) is 0 Å². The molecule has 3 heterocycles. The quantitative estimate of drug-likeness (QED) is 0.437. The molecule has 0 saturated heterocycles. The van der Waals surface area contributed by atoms with E-state index in [0.29, 0.717) is 45.4 Å². The molecule has 2 aromatic carbocycles. The number of halogens is 2. The molecule has 4 aromatic rings. The molecule has 170 valence electrons. The van der Waals surface area contributed by atoms with Gasteiger partial charge in [-0.3, -0.25) is 13.9 Å². The zero-order valence-corrected chi connectivity index (χ0v) is 19.8. The maximum Gasteiger partial charge on any atom is 0.331 e. The number of methoxy groups -OCH3 is 1. The van der Waals surface area contributed by atoms with Crippen molar-refractivity contribution < 1.29 is 9.47 Å². The van der Waals surface area contributed by atoms with Gasteiger partial charge in [0.25, 0.3) is 5.56 Å². The summed E-state index contributed by atoms with van der Waals surface area (Å²) in [5.74, 6) is 0.727. The van der Waals surface area contributed by atoms with Crippen LogP contribution in [0.3, 0.4) is 0 Å². The summed E-state index contributed by atoms with van der Waals surface area (Å²) in [5, 5.41) is 1.34. The van der Waals surface area contributed by atoms with Crippen LogP contribution in [-0.4, -0.2) is 27.4 Å². The van der Waals surface area contributed by atoms with Gasteiger partial charge in [-0.1, -0.05) is 35.3 Å². The minimum absolute atomic E-state index is 0.385. The monoisotopic (exact) mass is 485 g/mol. The van der Waals surface area contributed by atoms with E-state index < -0.39 is 11.8 Å². The first-order chi connectivity index (χ1) is 15.8. The molecular weight excluding hydrogens is 465 g/mol. The minimum atomic E-state index is -0.482. The number of hydrogen-bond acceptors (Lipinski definition) is 4. The number of aryl methyl sites for hydroxylation is 1. The van der Waals surface area contributed by atoms with Gasteiger partial charge in [0.2, 0.25) is 0 Å². The third kappa shape index (κ3) is 3.30. The number of hydrogen-bond donors (Lipinski definition) is 0. The predicted molar refractivity (Wildman–Crippen MR) is 129 cm³/mol. The second-order valence-electron chi connectivity index (χ2n) is 7.96. The largest absolute Gasteiger partial charge is 0.497 e. The van der Waals surface area contributed by atoms with Crippen LogP contribution in [0.1, 0.15) is 17.4 Å². The van der Waals surface area contributed by atoms with E-state index in [-0.39, 0.29) is 5.56 Å². The Labute approximate surface area is 199 Å². The zero-order valence-electron chi connectivity index (χ0n) is 18.3. The lowest BCUT2D eigenvalue weighted by atomic mass is 10.0. The zero-order chi connectivity index (χ0) is 23.4. The van der Waals surface area contributed by atoms with Crippen molar-refractivity contribution in [2.45, 2.75) is 12.6 Å². The summed E-state index contributed by atoms with van der Waals surface area (Å²) in [5.41, 5.74) is 2.68. The smallest absolute Gasteiger partial charge is 0.331 e. The molecule has 9 heteroatoms. The second-order valence-corrected chi connectivity index (χ2v) is 8.81. The lowest BCUT2D eigenvalue weighted by molar-refractivity contribution is 0.0478. The molecule has 0 radical (unpaired) electrons. The summed E-state index contributed by atoms with van der Waals surface area (Å²) in [6.45, 7) is 0.930. The standard InChI is InChI=1S/C24H21Cl2N3O4/c1-27-20-18(23(30)28(2)24(27)31)19(16-9-6-14(25)12-17(16)26)29-10-11-33-22(21(20)29)13-4-7-15(32-3)8-5-13/h4-9,12,22H,10-11H2,1-3H3/t22-/m1/s1. The van der Waals surface area contributed by atoms with Crippen molar-refractivity contribution >= 4 is 34.1 Å². The summed E-state index contributed by atoms with van der Waals surface area (Å²) in [6, 6.07) is 12.8. The van der Waals surface area contributed by atoms with E-state index in [1.165, 1.54) is 11.6 Å². The van der Waals surface area contributed by atoms with E-state index in [1.54, 1.807) is 32.4 Å². The predicted octanol–water partition coefficient (Wildman–Crippen LogP) is 4.14. The maximum atomic E-state index is 13.4. The first-order valence-electron chi connectivity index (χ1n) is 10.4. The number of nitrogens with zero attached hydrogens (tertiary/aromatic N) is 3. The van der Waals surface area contributed by atoms with Crippen LogP contribution in [0.15, 0.2) is 52.1 Å². The number of benzene rings is 2. The Kier molecular flexibility index (Phi) is 5.35. The number of aromatic nitrogens is 3. The fourth-order valence-electron chi connectivity index (χ4n) is 4.57. The fourth-order valence-corrected chi connectivity index (χ4v) is 5.07. The van der Waals surface area contributed by atoms with Gasteiger partial charge in [0, 0.05) is 31.2 Å². The van der Waals surface area contributed by atoms with Crippen LogP contribution in [0, 0.1) is 0 Å². The lowest BCUT2D eigenvalue weighted by Gasteiger charge is -2.28. The molecule has 0 spiro atoms. The highest BCUT2D eigenvalue weighted by atomic mass is 35.5. The van der Waals surface area contributed by atoms with Gasteiger partial charge in [0.15, 0.2) is 0 Å². The molecule has 1 aliphatic rings. The van der Waals surface area contributed by atoms with Crippen LogP contribution >= 0.6 is 23.2 Å². The lowest BCUT2D eigenvalue weighted by Crippen LogP contribution is -2.37. The van der Waals surface area contributed by atoms with E-state index in [2.05, 4.69) is 0 Å². The van der Waals surface area contributed by atoms with Gasteiger partial charge in [-0.2, -0.15) is 0 Å². The van der Waals surface area contributed by atoms with Gasteiger partial charge in [0.05, 0.1) is 41.0 Å². The molecule has 0 amide bonds. The molecule has 33 heavy (non-hydrogen) atoms. The second kappa shape index (κ2) is 8.09. The van der Waals surface area contributed by atoms with Gasteiger partial charge >= 0.3 is 5.69 Å².